The Kier molecular flexibility index (Phi) is 4.43. The Labute approximate surface area is 102 Å². The zero-order valence-electron chi connectivity index (χ0n) is 8.63. The second-order valence-electron chi connectivity index (χ2n) is 3.87. The molecule has 1 N–H and O–H groups in total. The number of rotatable bonds is 3. The Bertz CT molecular complexity index is 395. The van der Waals surface area contributed by atoms with Crippen LogP contribution in [0.4, 0.5) is 13.2 Å². The Morgan fingerprint density at radius 1 is 1.24 bits per heavy atom. The first-order valence-corrected chi connectivity index (χ1v) is 6.79. The molecule has 0 aliphatic heterocycles. The summed E-state index contributed by atoms with van der Waals surface area (Å²) in [4.78, 5) is 11.0. The highest BCUT2D eigenvalue weighted by Gasteiger charge is 2.48. The van der Waals surface area contributed by atoms with Crippen LogP contribution in [0.25, 0.3) is 0 Å². The summed E-state index contributed by atoms with van der Waals surface area (Å²) in [5, 5.41) is -0.806. The average molecular weight is 294 g/mol. The highest BCUT2D eigenvalue weighted by atomic mass is 35.5. The summed E-state index contributed by atoms with van der Waals surface area (Å²) < 4.78 is 59.7. The average Bonchev–Trinajstić information content (AvgIpc) is 2.15. The van der Waals surface area contributed by atoms with Crippen molar-refractivity contribution in [1.29, 1.82) is 0 Å². The van der Waals surface area contributed by atoms with Crippen LogP contribution in [0.3, 0.4) is 0 Å². The van der Waals surface area contributed by atoms with E-state index >= 15 is 0 Å². The van der Waals surface area contributed by atoms with E-state index in [-0.39, 0.29) is 6.42 Å². The molecule has 0 saturated heterocycles. The van der Waals surface area contributed by atoms with Gasteiger partial charge in [-0.25, -0.2) is 13.1 Å². The Morgan fingerprint density at radius 3 is 2.24 bits per heavy atom. The van der Waals surface area contributed by atoms with Crippen LogP contribution in [-0.2, 0) is 14.8 Å². The van der Waals surface area contributed by atoms with Crippen LogP contribution in [0.2, 0.25) is 0 Å². The number of alkyl halides is 3. The van der Waals surface area contributed by atoms with Gasteiger partial charge in [-0.05, 0) is 24.4 Å². The fourth-order valence-electron chi connectivity index (χ4n) is 1.81. The van der Waals surface area contributed by atoms with Gasteiger partial charge in [0.05, 0.1) is 0 Å². The van der Waals surface area contributed by atoms with Crippen LogP contribution in [0.15, 0.2) is 0 Å². The first kappa shape index (κ1) is 14.7. The molecular weight excluding hydrogens is 283 g/mol. The molecule has 17 heavy (non-hydrogen) atoms. The van der Waals surface area contributed by atoms with E-state index in [2.05, 4.69) is 0 Å². The molecule has 0 aromatic carbocycles. The van der Waals surface area contributed by atoms with Gasteiger partial charge in [-0.3, -0.25) is 4.79 Å². The summed E-state index contributed by atoms with van der Waals surface area (Å²) in [6, 6.07) is -1.07. The lowest BCUT2D eigenvalue weighted by Crippen LogP contribution is -2.48. The molecule has 4 nitrogen and oxygen atoms in total. The molecule has 0 bridgehead atoms. The molecule has 0 aromatic rings. The normalized spacial score (nSPS) is 26.8. The highest BCUT2D eigenvalue weighted by molar-refractivity contribution is 7.90. The Hall–Kier alpha value is -0.340. The van der Waals surface area contributed by atoms with Crippen molar-refractivity contribution in [2.75, 3.05) is 0 Å². The van der Waals surface area contributed by atoms with Crippen molar-refractivity contribution in [2.24, 2.45) is 5.92 Å². The molecule has 0 aromatic heterocycles. The molecule has 0 radical (unpaired) electrons. The molecule has 100 valence electrons. The monoisotopic (exact) mass is 293 g/mol. The molecular formula is C8H11ClF3NO3S. The largest absolute Gasteiger partial charge is 0.511 e. The molecule has 1 aliphatic carbocycles. The van der Waals surface area contributed by atoms with E-state index < -0.39 is 32.7 Å². The molecule has 9 heteroatoms. The minimum absolute atomic E-state index is 0.179. The SMILES string of the molecule is O=C(Cl)[C@@H]1CCCC[C@H]1NS(=O)(=O)C(F)(F)F. The number of carbonyl (C=O) groups excluding carboxylic acids is 1. The van der Waals surface area contributed by atoms with Crippen molar-refractivity contribution in [2.45, 2.75) is 37.2 Å². The lowest BCUT2D eigenvalue weighted by Gasteiger charge is -2.29. The predicted octanol–water partition coefficient (Wildman–Crippen LogP) is 1.75. The molecule has 0 heterocycles. The van der Waals surface area contributed by atoms with E-state index in [0.717, 1.165) is 0 Å². The number of hydrogen-bond donors (Lipinski definition) is 1. The molecule has 2 atom stereocenters. The van der Waals surface area contributed by atoms with Gasteiger partial charge in [0.2, 0.25) is 5.24 Å². The second-order valence-corrected chi connectivity index (χ2v) is 5.95. The van der Waals surface area contributed by atoms with Crippen molar-refractivity contribution >= 4 is 26.9 Å². The molecule has 1 aliphatic rings. The van der Waals surface area contributed by atoms with Gasteiger partial charge in [0, 0.05) is 12.0 Å². The third-order valence-electron chi connectivity index (χ3n) is 2.67. The van der Waals surface area contributed by atoms with E-state index in [1.807, 2.05) is 0 Å². The van der Waals surface area contributed by atoms with E-state index in [0.29, 0.717) is 19.3 Å². The van der Waals surface area contributed by atoms with Crippen molar-refractivity contribution in [1.82, 2.24) is 4.72 Å². The molecule has 1 saturated carbocycles. The van der Waals surface area contributed by atoms with Gasteiger partial charge in [0.15, 0.2) is 0 Å². The summed E-state index contributed by atoms with van der Waals surface area (Å²) >= 11 is 5.24. The maximum atomic E-state index is 12.1. The topological polar surface area (TPSA) is 63.2 Å². The first-order chi connectivity index (χ1) is 7.65. The van der Waals surface area contributed by atoms with Gasteiger partial charge in [0.25, 0.3) is 0 Å². The van der Waals surface area contributed by atoms with Gasteiger partial charge in [0.1, 0.15) is 0 Å². The Balaban J connectivity index is 2.82. The lowest BCUT2D eigenvalue weighted by atomic mass is 9.86. The number of hydrogen-bond acceptors (Lipinski definition) is 3. The van der Waals surface area contributed by atoms with Crippen molar-refractivity contribution in [3.8, 4) is 0 Å². The summed E-state index contributed by atoms with van der Waals surface area (Å²) in [5.41, 5.74) is -5.37. The number of halogens is 4. The first-order valence-electron chi connectivity index (χ1n) is 4.93. The van der Waals surface area contributed by atoms with E-state index in [1.165, 1.54) is 4.72 Å². The van der Waals surface area contributed by atoms with Gasteiger partial charge >= 0.3 is 15.5 Å². The van der Waals surface area contributed by atoms with Crippen molar-refractivity contribution < 1.29 is 26.4 Å². The zero-order valence-corrected chi connectivity index (χ0v) is 10.2. The minimum atomic E-state index is -5.42. The number of nitrogens with one attached hydrogen (secondary N) is 1. The maximum absolute atomic E-state index is 12.1. The van der Waals surface area contributed by atoms with Gasteiger partial charge < -0.3 is 0 Å². The van der Waals surface area contributed by atoms with E-state index in [9.17, 15) is 26.4 Å². The minimum Gasteiger partial charge on any atom is -0.281 e. The van der Waals surface area contributed by atoms with Crippen LogP contribution in [0.5, 0.6) is 0 Å². The summed E-state index contributed by atoms with van der Waals surface area (Å²) in [6.07, 6.45) is 1.69. The van der Waals surface area contributed by atoms with Crippen LogP contribution in [-0.4, -0.2) is 25.2 Å². The standard InChI is InChI=1S/C8H11ClF3NO3S/c9-7(14)5-3-1-2-4-6(5)13-17(15,16)8(10,11)12/h5-6,13H,1-4H2/t5-,6-/m1/s1. The molecule has 0 spiro atoms. The van der Waals surface area contributed by atoms with Crippen molar-refractivity contribution in [3.05, 3.63) is 0 Å². The second kappa shape index (κ2) is 5.11. The summed E-state index contributed by atoms with van der Waals surface area (Å²) in [5.74, 6) is -0.887. The van der Waals surface area contributed by atoms with Gasteiger partial charge in [-0.15, -0.1) is 0 Å². The smallest absolute Gasteiger partial charge is 0.281 e. The summed E-state index contributed by atoms with van der Waals surface area (Å²) in [7, 11) is -5.42. The quantitative estimate of drug-likeness (QED) is 0.806. The van der Waals surface area contributed by atoms with E-state index in [4.69, 9.17) is 11.6 Å². The van der Waals surface area contributed by atoms with E-state index in [1.54, 1.807) is 0 Å². The Morgan fingerprint density at radius 2 is 1.76 bits per heavy atom. The zero-order chi connectivity index (χ0) is 13.3. The molecule has 0 unspecified atom stereocenters. The lowest BCUT2D eigenvalue weighted by molar-refractivity contribution is -0.116. The predicted molar refractivity (Wildman–Crippen MR) is 54.7 cm³/mol. The third kappa shape index (κ3) is 3.56. The number of sulfonamides is 1. The third-order valence-corrected chi connectivity index (χ3v) is 4.17. The fourth-order valence-corrected chi connectivity index (χ4v) is 2.89. The number of carbonyl (C=O) groups is 1. The molecule has 1 fully saturated rings. The van der Waals surface area contributed by atoms with Crippen LogP contribution in [0.1, 0.15) is 25.7 Å². The van der Waals surface area contributed by atoms with Gasteiger partial charge in [-0.2, -0.15) is 13.2 Å². The summed E-state index contributed by atoms with van der Waals surface area (Å²) in [6.45, 7) is 0. The van der Waals surface area contributed by atoms with Gasteiger partial charge in [-0.1, -0.05) is 12.8 Å². The molecule has 1 rings (SSSR count). The van der Waals surface area contributed by atoms with Crippen LogP contribution < -0.4 is 4.72 Å². The van der Waals surface area contributed by atoms with Crippen LogP contribution in [0, 0.1) is 5.92 Å². The van der Waals surface area contributed by atoms with Crippen LogP contribution >= 0.6 is 11.6 Å². The van der Waals surface area contributed by atoms with Crippen molar-refractivity contribution in [3.63, 3.8) is 0 Å². The maximum Gasteiger partial charge on any atom is 0.511 e. The fraction of sp³-hybridized carbons (Fsp3) is 0.875. The highest BCUT2D eigenvalue weighted by Crippen LogP contribution is 2.29. The molecule has 0 amide bonds.